The van der Waals surface area contributed by atoms with E-state index < -0.39 is 24.7 Å². The highest BCUT2D eigenvalue weighted by Crippen LogP contribution is 2.28. The SMILES string of the molecule is CC(=O)c1cc(Br)ccc1OCC(F)(F)C(F)F. The van der Waals surface area contributed by atoms with Crippen molar-refractivity contribution in [3.8, 4) is 5.75 Å². The number of halogens is 5. The molecule has 1 aromatic rings. The zero-order valence-corrected chi connectivity index (χ0v) is 10.8. The number of ether oxygens (including phenoxy) is 1. The molecule has 0 aliphatic heterocycles. The molecule has 100 valence electrons. The molecule has 0 aromatic heterocycles. The minimum absolute atomic E-state index is 0.0504. The van der Waals surface area contributed by atoms with Gasteiger partial charge >= 0.3 is 12.3 Å². The minimum Gasteiger partial charge on any atom is -0.486 e. The Morgan fingerprint density at radius 2 is 2.06 bits per heavy atom. The smallest absolute Gasteiger partial charge is 0.340 e. The van der Waals surface area contributed by atoms with Crippen molar-refractivity contribution >= 4 is 21.7 Å². The van der Waals surface area contributed by atoms with Crippen LogP contribution in [-0.4, -0.2) is 24.7 Å². The fourth-order valence-corrected chi connectivity index (χ4v) is 1.50. The highest BCUT2D eigenvalue weighted by atomic mass is 79.9. The molecule has 1 aromatic carbocycles. The number of Topliss-reactive ketones (excluding diaryl/α,β-unsaturated/α-hetero) is 1. The summed E-state index contributed by atoms with van der Waals surface area (Å²) in [5, 5.41) is 0. The van der Waals surface area contributed by atoms with Crippen LogP contribution < -0.4 is 4.74 Å². The second-order valence-corrected chi connectivity index (χ2v) is 4.46. The van der Waals surface area contributed by atoms with Gasteiger partial charge in [0.1, 0.15) is 5.75 Å². The van der Waals surface area contributed by atoms with Gasteiger partial charge in [0.2, 0.25) is 0 Å². The first-order chi connectivity index (χ1) is 8.24. The maximum absolute atomic E-state index is 12.7. The van der Waals surface area contributed by atoms with E-state index in [2.05, 4.69) is 20.7 Å². The van der Waals surface area contributed by atoms with E-state index >= 15 is 0 Å². The van der Waals surface area contributed by atoms with Crippen molar-refractivity contribution < 1.29 is 27.1 Å². The van der Waals surface area contributed by atoms with Crippen LogP contribution in [0, 0.1) is 0 Å². The second kappa shape index (κ2) is 5.69. The van der Waals surface area contributed by atoms with Crippen LogP contribution in [0.2, 0.25) is 0 Å². The molecular formula is C11H9BrF4O2. The maximum Gasteiger partial charge on any atom is 0.340 e. The molecule has 0 unspecified atom stereocenters. The van der Waals surface area contributed by atoms with Gasteiger partial charge in [-0.1, -0.05) is 15.9 Å². The molecule has 18 heavy (non-hydrogen) atoms. The normalized spacial score (nSPS) is 11.7. The van der Waals surface area contributed by atoms with Crippen molar-refractivity contribution in [2.45, 2.75) is 19.3 Å². The average molecular weight is 329 g/mol. The molecule has 0 atom stereocenters. The first kappa shape index (κ1) is 14.9. The summed E-state index contributed by atoms with van der Waals surface area (Å²) in [5.41, 5.74) is 0.0504. The molecule has 0 radical (unpaired) electrons. The van der Waals surface area contributed by atoms with Crippen LogP contribution in [0.15, 0.2) is 22.7 Å². The summed E-state index contributed by atoms with van der Waals surface area (Å²) in [6.07, 6.45) is -3.81. The molecule has 0 saturated heterocycles. The summed E-state index contributed by atoms with van der Waals surface area (Å²) < 4.78 is 54.4. The lowest BCUT2D eigenvalue weighted by Crippen LogP contribution is -2.34. The van der Waals surface area contributed by atoms with Gasteiger partial charge in [-0.3, -0.25) is 4.79 Å². The fraction of sp³-hybridized carbons (Fsp3) is 0.364. The Morgan fingerprint density at radius 1 is 1.44 bits per heavy atom. The molecule has 0 N–H and O–H groups in total. The van der Waals surface area contributed by atoms with Gasteiger partial charge in [0.15, 0.2) is 12.4 Å². The van der Waals surface area contributed by atoms with Crippen LogP contribution in [0.25, 0.3) is 0 Å². The van der Waals surface area contributed by atoms with E-state index in [1.165, 1.54) is 25.1 Å². The lowest BCUT2D eigenvalue weighted by molar-refractivity contribution is -0.148. The Hall–Kier alpha value is -1.11. The third-order valence-corrected chi connectivity index (χ3v) is 2.55. The fourth-order valence-electron chi connectivity index (χ4n) is 1.14. The Labute approximate surface area is 109 Å². The summed E-state index contributed by atoms with van der Waals surface area (Å²) in [5.74, 6) is -4.81. The van der Waals surface area contributed by atoms with Crippen molar-refractivity contribution in [3.63, 3.8) is 0 Å². The lowest BCUT2D eigenvalue weighted by Gasteiger charge is -2.17. The highest BCUT2D eigenvalue weighted by Gasteiger charge is 2.41. The number of ketones is 1. The van der Waals surface area contributed by atoms with E-state index in [-0.39, 0.29) is 11.3 Å². The molecule has 7 heteroatoms. The Bertz CT molecular complexity index is 449. The van der Waals surface area contributed by atoms with Crippen LogP contribution in [0.4, 0.5) is 17.6 Å². The van der Waals surface area contributed by atoms with E-state index in [1.54, 1.807) is 0 Å². The molecule has 0 amide bonds. The van der Waals surface area contributed by atoms with E-state index in [9.17, 15) is 22.4 Å². The van der Waals surface area contributed by atoms with Gasteiger partial charge in [-0.15, -0.1) is 0 Å². The molecule has 0 aliphatic carbocycles. The number of carbonyl (C=O) groups is 1. The van der Waals surface area contributed by atoms with Crippen molar-refractivity contribution in [1.29, 1.82) is 0 Å². The number of hydrogen-bond acceptors (Lipinski definition) is 2. The Balaban J connectivity index is 2.89. The monoisotopic (exact) mass is 328 g/mol. The molecule has 0 spiro atoms. The molecule has 0 bridgehead atoms. The topological polar surface area (TPSA) is 26.3 Å². The third kappa shape index (κ3) is 3.69. The summed E-state index contributed by atoms with van der Waals surface area (Å²) in [7, 11) is 0. The molecular weight excluding hydrogens is 320 g/mol. The summed E-state index contributed by atoms with van der Waals surface area (Å²) in [6.45, 7) is -0.257. The van der Waals surface area contributed by atoms with E-state index in [0.717, 1.165) is 0 Å². The number of rotatable bonds is 5. The molecule has 0 aliphatic rings. The van der Waals surface area contributed by atoms with Gasteiger partial charge < -0.3 is 4.74 Å². The summed E-state index contributed by atoms with van der Waals surface area (Å²) in [6, 6.07) is 4.10. The predicted octanol–water partition coefficient (Wildman–Crippen LogP) is 3.93. The zero-order chi connectivity index (χ0) is 13.9. The zero-order valence-electron chi connectivity index (χ0n) is 9.22. The van der Waals surface area contributed by atoms with Crippen molar-refractivity contribution in [2.75, 3.05) is 6.61 Å². The first-order valence-corrected chi connectivity index (χ1v) is 5.62. The number of alkyl halides is 4. The summed E-state index contributed by atoms with van der Waals surface area (Å²) in [4.78, 5) is 11.2. The quantitative estimate of drug-likeness (QED) is 0.604. The lowest BCUT2D eigenvalue weighted by atomic mass is 10.1. The van der Waals surface area contributed by atoms with E-state index in [1.807, 2.05) is 0 Å². The Kier molecular flexibility index (Phi) is 4.72. The van der Waals surface area contributed by atoms with Crippen LogP contribution >= 0.6 is 15.9 Å². The number of hydrogen-bond donors (Lipinski definition) is 0. The van der Waals surface area contributed by atoms with Crippen LogP contribution in [-0.2, 0) is 0 Å². The first-order valence-electron chi connectivity index (χ1n) is 4.83. The van der Waals surface area contributed by atoms with Crippen LogP contribution in [0.1, 0.15) is 17.3 Å². The van der Waals surface area contributed by atoms with Crippen molar-refractivity contribution in [3.05, 3.63) is 28.2 Å². The van der Waals surface area contributed by atoms with Crippen molar-refractivity contribution in [2.24, 2.45) is 0 Å². The van der Waals surface area contributed by atoms with Gasteiger partial charge in [-0.05, 0) is 25.1 Å². The van der Waals surface area contributed by atoms with E-state index in [4.69, 9.17) is 0 Å². The molecule has 0 fully saturated rings. The van der Waals surface area contributed by atoms with Gasteiger partial charge in [0.25, 0.3) is 0 Å². The van der Waals surface area contributed by atoms with Gasteiger partial charge in [-0.25, -0.2) is 8.78 Å². The average Bonchev–Trinajstić information content (AvgIpc) is 2.27. The van der Waals surface area contributed by atoms with Gasteiger partial charge in [-0.2, -0.15) is 8.78 Å². The summed E-state index contributed by atoms with van der Waals surface area (Å²) >= 11 is 3.10. The maximum atomic E-state index is 12.7. The second-order valence-electron chi connectivity index (χ2n) is 3.55. The number of benzene rings is 1. The number of carbonyl (C=O) groups excluding carboxylic acids is 1. The van der Waals surface area contributed by atoms with Crippen molar-refractivity contribution in [1.82, 2.24) is 0 Å². The predicted molar refractivity (Wildman–Crippen MR) is 60.6 cm³/mol. The largest absolute Gasteiger partial charge is 0.486 e. The molecule has 1 rings (SSSR count). The minimum atomic E-state index is -4.25. The molecule has 0 saturated carbocycles. The molecule has 0 heterocycles. The highest BCUT2D eigenvalue weighted by molar-refractivity contribution is 9.10. The third-order valence-electron chi connectivity index (χ3n) is 2.06. The van der Waals surface area contributed by atoms with E-state index in [0.29, 0.717) is 4.47 Å². The van der Waals surface area contributed by atoms with Gasteiger partial charge in [0.05, 0.1) is 5.56 Å². The molecule has 2 nitrogen and oxygen atoms in total. The standard InChI is InChI=1S/C11H9BrF4O2/c1-6(17)8-4-7(12)2-3-9(8)18-5-11(15,16)10(13)14/h2-4,10H,5H2,1H3. The van der Waals surface area contributed by atoms with Gasteiger partial charge in [0, 0.05) is 4.47 Å². The Morgan fingerprint density at radius 3 is 2.56 bits per heavy atom. The van der Waals surface area contributed by atoms with Crippen LogP contribution in [0.3, 0.4) is 0 Å². The van der Waals surface area contributed by atoms with Crippen LogP contribution in [0.5, 0.6) is 5.75 Å².